The van der Waals surface area contributed by atoms with E-state index in [1.54, 1.807) is 11.0 Å². The third-order valence-corrected chi connectivity index (χ3v) is 7.29. The predicted octanol–water partition coefficient (Wildman–Crippen LogP) is 5.97. The van der Waals surface area contributed by atoms with Crippen molar-refractivity contribution in [1.82, 2.24) is 4.90 Å². The number of ketones is 1. The van der Waals surface area contributed by atoms with Crippen LogP contribution in [0.15, 0.2) is 78.4 Å². The van der Waals surface area contributed by atoms with Gasteiger partial charge in [-0.2, -0.15) is 0 Å². The Morgan fingerprint density at radius 3 is 2.38 bits per heavy atom. The summed E-state index contributed by atoms with van der Waals surface area (Å²) in [5.74, 6) is -0.587. The third-order valence-electron chi connectivity index (χ3n) is 7.29. The number of likely N-dealkylation sites (tertiary alicyclic amines) is 1. The van der Waals surface area contributed by atoms with Crippen molar-refractivity contribution in [3.63, 3.8) is 0 Å². The fourth-order valence-electron chi connectivity index (χ4n) is 5.24. The molecular formula is C32H33NO4. The fourth-order valence-corrected chi connectivity index (χ4v) is 5.24. The maximum atomic E-state index is 13.4. The first-order chi connectivity index (χ1) is 17.6. The number of Topliss-reactive ketones (excluding diaryl/α,β-unsaturated/α-hetero) is 1. The Balaban J connectivity index is 1.58. The first-order valence-electron chi connectivity index (χ1n) is 12.9. The highest BCUT2D eigenvalue weighted by Gasteiger charge is 2.46. The number of carbonyl (C=O) groups excluding carboxylic acids is 2. The van der Waals surface area contributed by atoms with Crippen molar-refractivity contribution < 1.29 is 19.4 Å². The Bertz CT molecular complexity index is 1370. The highest BCUT2D eigenvalue weighted by molar-refractivity contribution is 6.46. The van der Waals surface area contributed by atoms with Crippen LogP contribution in [0.1, 0.15) is 61.6 Å². The number of carbonyl (C=O) groups is 2. The van der Waals surface area contributed by atoms with E-state index in [-0.39, 0.29) is 22.9 Å². The Labute approximate surface area is 218 Å². The fraction of sp³-hybridized carbons (Fsp3) is 0.312. The Kier molecular flexibility index (Phi) is 6.40. The van der Waals surface area contributed by atoms with E-state index in [0.29, 0.717) is 18.5 Å². The zero-order valence-corrected chi connectivity index (χ0v) is 21.8. The second-order valence-electron chi connectivity index (χ2n) is 11.1. The summed E-state index contributed by atoms with van der Waals surface area (Å²) in [5.41, 5.74) is 4.66. The monoisotopic (exact) mass is 495 g/mol. The summed E-state index contributed by atoms with van der Waals surface area (Å²) in [4.78, 5) is 28.3. The van der Waals surface area contributed by atoms with Gasteiger partial charge in [0.1, 0.15) is 17.6 Å². The molecule has 0 aromatic heterocycles. The molecule has 3 aromatic rings. The minimum absolute atomic E-state index is 0.0305. The number of benzene rings is 3. The van der Waals surface area contributed by atoms with Crippen LogP contribution in [0.3, 0.4) is 0 Å². The maximum Gasteiger partial charge on any atom is 0.295 e. The molecular weight excluding hydrogens is 462 g/mol. The number of nitrogens with zero attached hydrogens (tertiary/aromatic N) is 1. The molecule has 5 heteroatoms. The van der Waals surface area contributed by atoms with Gasteiger partial charge >= 0.3 is 0 Å². The molecule has 0 spiro atoms. The number of rotatable bonds is 5. The lowest BCUT2D eigenvalue weighted by Crippen LogP contribution is -2.31. The van der Waals surface area contributed by atoms with Crippen LogP contribution in [-0.2, 0) is 27.8 Å². The van der Waals surface area contributed by atoms with Crippen LogP contribution in [0.25, 0.3) is 5.76 Å². The minimum atomic E-state index is -0.666. The van der Waals surface area contributed by atoms with E-state index in [9.17, 15) is 14.7 Å². The van der Waals surface area contributed by atoms with E-state index < -0.39 is 17.7 Å². The van der Waals surface area contributed by atoms with E-state index in [1.807, 2.05) is 73.7 Å². The van der Waals surface area contributed by atoms with Crippen molar-refractivity contribution in [3.8, 4) is 5.75 Å². The van der Waals surface area contributed by atoms with Crippen LogP contribution in [0, 0.1) is 0 Å². The molecule has 5 rings (SSSR count). The number of amides is 1. The summed E-state index contributed by atoms with van der Waals surface area (Å²) in [6.07, 6.45) is 1.41. The van der Waals surface area contributed by atoms with Gasteiger partial charge in [-0.25, -0.2) is 0 Å². The van der Waals surface area contributed by atoms with Gasteiger partial charge in [-0.3, -0.25) is 9.59 Å². The predicted molar refractivity (Wildman–Crippen MR) is 145 cm³/mol. The third kappa shape index (κ3) is 4.78. The van der Waals surface area contributed by atoms with E-state index in [4.69, 9.17) is 4.74 Å². The summed E-state index contributed by atoms with van der Waals surface area (Å²) >= 11 is 0. The number of ether oxygens (including phenoxy) is 1. The van der Waals surface area contributed by atoms with Crippen molar-refractivity contribution >= 4 is 17.4 Å². The standard InChI is InChI=1S/C32H33NO4/c1-20-18-24-19-23(12-15-26(24)37-20)29(34)27-28(22-10-13-25(14-11-22)32(2,3)4)33(31(36)30(27)35)17-16-21-8-6-5-7-9-21/h5-15,19-20,28,34H,16-18H2,1-4H3/b29-27+/t20-,28-/m1/s1. The molecule has 0 saturated carbocycles. The van der Waals surface area contributed by atoms with E-state index in [1.165, 1.54) is 0 Å². The highest BCUT2D eigenvalue weighted by atomic mass is 16.5. The van der Waals surface area contributed by atoms with Crippen molar-refractivity contribution in [2.75, 3.05) is 6.54 Å². The molecule has 2 heterocycles. The molecule has 2 atom stereocenters. The van der Waals surface area contributed by atoms with Gasteiger partial charge in [0, 0.05) is 18.5 Å². The van der Waals surface area contributed by atoms with Crippen molar-refractivity contribution in [2.45, 2.75) is 58.1 Å². The van der Waals surface area contributed by atoms with E-state index in [2.05, 4.69) is 20.8 Å². The molecule has 1 N–H and O–H groups in total. The molecule has 0 unspecified atom stereocenters. The summed E-state index contributed by atoms with van der Waals surface area (Å²) in [6.45, 7) is 8.80. The first-order valence-corrected chi connectivity index (χ1v) is 12.9. The van der Waals surface area contributed by atoms with Gasteiger partial charge in [-0.05, 0) is 59.2 Å². The Morgan fingerprint density at radius 2 is 1.70 bits per heavy atom. The summed E-state index contributed by atoms with van der Waals surface area (Å²) in [5, 5.41) is 11.5. The molecule has 190 valence electrons. The van der Waals surface area contributed by atoms with Crippen LogP contribution in [0.5, 0.6) is 5.75 Å². The lowest BCUT2D eigenvalue weighted by molar-refractivity contribution is -0.139. The topological polar surface area (TPSA) is 66.8 Å². The normalized spacial score (nSPS) is 20.7. The quantitative estimate of drug-likeness (QED) is 0.269. The highest BCUT2D eigenvalue weighted by Crippen LogP contribution is 2.41. The van der Waals surface area contributed by atoms with Crippen molar-refractivity contribution in [3.05, 3.63) is 106 Å². The van der Waals surface area contributed by atoms with Crippen LogP contribution in [0.4, 0.5) is 0 Å². The molecule has 37 heavy (non-hydrogen) atoms. The summed E-state index contributed by atoms with van der Waals surface area (Å²) < 4.78 is 5.80. The van der Waals surface area contributed by atoms with Gasteiger partial charge in [0.15, 0.2) is 0 Å². The second kappa shape index (κ2) is 9.55. The Hall–Kier alpha value is -3.86. The SMILES string of the molecule is C[C@@H]1Cc2cc(/C(O)=C3\C(=O)C(=O)N(CCc4ccccc4)[C@@H]3c3ccc(C(C)(C)C)cc3)ccc2O1. The zero-order chi connectivity index (χ0) is 26.3. The molecule has 0 aliphatic carbocycles. The zero-order valence-electron chi connectivity index (χ0n) is 21.8. The average molecular weight is 496 g/mol. The van der Waals surface area contributed by atoms with Gasteiger partial charge in [0.05, 0.1) is 11.6 Å². The number of aliphatic hydroxyl groups is 1. The molecule has 0 bridgehead atoms. The van der Waals surface area contributed by atoms with Gasteiger partial charge in [0.25, 0.3) is 11.7 Å². The largest absolute Gasteiger partial charge is 0.507 e. The number of fused-ring (bicyclic) bond motifs is 1. The molecule has 0 radical (unpaired) electrons. The molecule has 1 amide bonds. The lowest BCUT2D eigenvalue weighted by atomic mass is 9.85. The first kappa shape index (κ1) is 24.8. The van der Waals surface area contributed by atoms with Crippen LogP contribution in [0.2, 0.25) is 0 Å². The van der Waals surface area contributed by atoms with Gasteiger partial charge in [0.2, 0.25) is 0 Å². The summed E-state index contributed by atoms with van der Waals surface area (Å²) in [6, 6.07) is 22.7. The van der Waals surface area contributed by atoms with Crippen LogP contribution < -0.4 is 4.74 Å². The molecule has 5 nitrogen and oxygen atoms in total. The number of aliphatic hydroxyl groups excluding tert-OH is 1. The van der Waals surface area contributed by atoms with Crippen LogP contribution >= 0.6 is 0 Å². The molecule has 1 fully saturated rings. The molecule has 3 aromatic carbocycles. The van der Waals surface area contributed by atoms with Gasteiger partial charge in [-0.15, -0.1) is 0 Å². The Morgan fingerprint density at radius 1 is 1.00 bits per heavy atom. The van der Waals surface area contributed by atoms with E-state index >= 15 is 0 Å². The summed E-state index contributed by atoms with van der Waals surface area (Å²) in [7, 11) is 0. The smallest absolute Gasteiger partial charge is 0.295 e. The molecule has 1 saturated heterocycles. The maximum absolute atomic E-state index is 13.4. The number of hydrogen-bond acceptors (Lipinski definition) is 4. The van der Waals surface area contributed by atoms with Gasteiger partial charge in [-0.1, -0.05) is 75.4 Å². The van der Waals surface area contributed by atoms with Gasteiger partial charge < -0.3 is 14.7 Å². The van der Waals surface area contributed by atoms with E-state index in [0.717, 1.165) is 34.4 Å². The number of hydrogen-bond donors (Lipinski definition) is 1. The minimum Gasteiger partial charge on any atom is -0.507 e. The lowest BCUT2D eigenvalue weighted by Gasteiger charge is -2.26. The molecule has 2 aliphatic heterocycles. The average Bonchev–Trinajstić information content (AvgIpc) is 3.37. The van der Waals surface area contributed by atoms with Crippen molar-refractivity contribution in [1.29, 1.82) is 0 Å². The molecule has 2 aliphatic rings. The van der Waals surface area contributed by atoms with Crippen LogP contribution in [-0.4, -0.2) is 34.3 Å². The van der Waals surface area contributed by atoms with Crippen molar-refractivity contribution in [2.24, 2.45) is 0 Å². The second-order valence-corrected chi connectivity index (χ2v) is 11.1.